The van der Waals surface area contributed by atoms with Crippen LogP contribution in [0.4, 0.5) is 5.69 Å². The minimum absolute atomic E-state index is 0.00522. The fourth-order valence-electron chi connectivity index (χ4n) is 4.67. The number of amides is 1. The summed E-state index contributed by atoms with van der Waals surface area (Å²) in [6, 6.07) is 18.5. The van der Waals surface area contributed by atoms with E-state index in [9.17, 15) is 14.7 Å². The van der Waals surface area contributed by atoms with E-state index in [2.05, 4.69) is 0 Å². The number of anilines is 1. The Balaban J connectivity index is 1.90. The van der Waals surface area contributed by atoms with Crippen molar-refractivity contribution in [3.63, 3.8) is 0 Å². The molecule has 7 nitrogen and oxygen atoms in total. The zero-order valence-electron chi connectivity index (χ0n) is 22.5. The zero-order chi connectivity index (χ0) is 27.6. The fraction of sp³-hybridized carbons (Fsp3) is 0.290. The van der Waals surface area contributed by atoms with E-state index < -0.39 is 17.7 Å². The quantitative estimate of drug-likeness (QED) is 0.217. The van der Waals surface area contributed by atoms with E-state index >= 15 is 0 Å². The molecule has 0 spiro atoms. The second kappa shape index (κ2) is 11.0. The normalized spacial score (nSPS) is 16.8. The Morgan fingerprint density at radius 2 is 1.58 bits per heavy atom. The van der Waals surface area contributed by atoms with Crippen molar-refractivity contribution >= 4 is 23.1 Å². The summed E-state index contributed by atoms with van der Waals surface area (Å²) < 4.78 is 16.6. The van der Waals surface area contributed by atoms with E-state index in [0.29, 0.717) is 34.1 Å². The molecule has 0 bridgehead atoms. The van der Waals surface area contributed by atoms with Gasteiger partial charge in [0, 0.05) is 11.3 Å². The van der Waals surface area contributed by atoms with Crippen LogP contribution in [0.1, 0.15) is 56.3 Å². The van der Waals surface area contributed by atoms with Gasteiger partial charge in [0.25, 0.3) is 11.7 Å². The third-order valence-electron chi connectivity index (χ3n) is 6.47. The third-order valence-corrected chi connectivity index (χ3v) is 6.47. The van der Waals surface area contributed by atoms with Crippen molar-refractivity contribution in [2.24, 2.45) is 0 Å². The molecule has 1 unspecified atom stereocenters. The summed E-state index contributed by atoms with van der Waals surface area (Å²) in [5, 5.41) is 11.5. The van der Waals surface area contributed by atoms with Crippen molar-refractivity contribution < 1.29 is 28.9 Å². The van der Waals surface area contributed by atoms with Crippen molar-refractivity contribution in [3.05, 3.63) is 89.0 Å². The number of ketones is 1. The average Bonchev–Trinajstić information content (AvgIpc) is 3.18. The van der Waals surface area contributed by atoms with Crippen molar-refractivity contribution in [2.75, 3.05) is 19.1 Å². The van der Waals surface area contributed by atoms with Crippen LogP contribution in [0, 0.1) is 0 Å². The molecule has 1 atom stereocenters. The minimum atomic E-state index is -0.869. The number of nitrogens with zero attached hydrogens (tertiary/aromatic N) is 1. The van der Waals surface area contributed by atoms with Gasteiger partial charge in [-0.05, 0) is 85.5 Å². The highest BCUT2D eigenvalue weighted by Gasteiger charge is 2.47. The summed E-state index contributed by atoms with van der Waals surface area (Å²) in [5.41, 5.74) is 2.45. The standard InChI is InChI=1S/C31H33NO6/c1-18(2)25-17-21(10-15-26(25)37-6)29(33)27-28(20-8-7-9-24(16-20)36-5)32(31(35)30(27)34)22-11-13-23(14-12-22)38-19(3)4/h7-19,28,33H,1-6H3/b29-27-. The van der Waals surface area contributed by atoms with Gasteiger partial charge in [-0.2, -0.15) is 0 Å². The summed E-state index contributed by atoms with van der Waals surface area (Å²) in [4.78, 5) is 28.4. The molecule has 38 heavy (non-hydrogen) atoms. The summed E-state index contributed by atoms with van der Waals surface area (Å²) >= 11 is 0. The lowest BCUT2D eigenvalue weighted by atomic mass is 9.93. The second-order valence-corrected chi connectivity index (χ2v) is 9.72. The van der Waals surface area contributed by atoms with Gasteiger partial charge < -0.3 is 19.3 Å². The lowest BCUT2D eigenvalue weighted by Crippen LogP contribution is -2.29. The van der Waals surface area contributed by atoms with Crippen LogP contribution in [0.5, 0.6) is 17.2 Å². The van der Waals surface area contributed by atoms with Gasteiger partial charge in [-0.3, -0.25) is 14.5 Å². The van der Waals surface area contributed by atoms with Gasteiger partial charge in [0.2, 0.25) is 0 Å². The summed E-state index contributed by atoms with van der Waals surface area (Å²) in [6.45, 7) is 7.89. The van der Waals surface area contributed by atoms with E-state index in [1.165, 1.54) is 4.90 Å². The van der Waals surface area contributed by atoms with E-state index in [4.69, 9.17) is 14.2 Å². The molecule has 1 N–H and O–H groups in total. The number of hydrogen-bond acceptors (Lipinski definition) is 6. The van der Waals surface area contributed by atoms with Crippen molar-refractivity contribution in [1.82, 2.24) is 0 Å². The number of Topliss-reactive ketones (excluding diaryl/α,β-unsaturated/α-hetero) is 1. The molecular formula is C31H33NO6. The Kier molecular flexibility index (Phi) is 7.76. The Hall–Kier alpha value is -4.26. The number of carbonyl (C=O) groups excluding carboxylic acids is 2. The number of aliphatic hydroxyl groups is 1. The van der Waals surface area contributed by atoms with Crippen LogP contribution in [0.2, 0.25) is 0 Å². The number of ether oxygens (including phenoxy) is 3. The van der Waals surface area contributed by atoms with Gasteiger partial charge in [-0.25, -0.2) is 0 Å². The predicted octanol–water partition coefficient (Wildman–Crippen LogP) is 6.24. The van der Waals surface area contributed by atoms with Gasteiger partial charge in [-0.1, -0.05) is 26.0 Å². The number of carbonyl (C=O) groups is 2. The Labute approximate surface area is 223 Å². The molecule has 198 valence electrons. The minimum Gasteiger partial charge on any atom is -0.507 e. The molecule has 1 amide bonds. The summed E-state index contributed by atoms with van der Waals surface area (Å²) in [7, 11) is 3.14. The molecule has 7 heteroatoms. The molecule has 1 heterocycles. The second-order valence-electron chi connectivity index (χ2n) is 9.72. The van der Waals surface area contributed by atoms with Crippen molar-refractivity contribution in [3.8, 4) is 17.2 Å². The van der Waals surface area contributed by atoms with Crippen LogP contribution < -0.4 is 19.1 Å². The van der Waals surface area contributed by atoms with Crippen molar-refractivity contribution in [1.29, 1.82) is 0 Å². The average molecular weight is 516 g/mol. The topological polar surface area (TPSA) is 85.3 Å². The molecule has 0 radical (unpaired) electrons. The number of aliphatic hydroxyl groups excluding tert-OH is 1. The lowest BCUT2D eigenvalue weighted by Gasteiger charge is -2.26. The molecule has 0 aromatic heterocycles. The van der Waals surface area contributed by atoms with Gasteiger partial charge >= 0.3 is 0 Å². The number of methoxy groups -OCH3 is 2. The predicted molar refractivity (Wildman–Crippen MR) is 147 cm³/mol. The Bertz CT molecular complexity index is 1370. The summed E-state index contributed by atoms with van der Waals surface area (Å²) in [5.74, 6) is 0.279. The Morgan fingerprint density at radius 3 is 2.18 bits per heavy atom. The van der Waals surface area contributed by atoms with Crippen LogP contribution in [0.3, 0.4) is 0 Å². The smallest absolute Gasteiger partial charge is 0.300 e. The molecule has 3 aromatic rings. The van der Waals surface area contributed by atoms with Crippen LogP contribution in [-0.2, 0) is 9.59 Å². The van der Waals surface area contributed by atoms with Crippen molar-refractivity contribution in [2.45, 2.75) is 45.8 Å². The van der Waals surface area contributed by atoms with E-state index in [-0.39, 0.29) is 23.4 Å². The lowest BCUT2D eigenvalue weighted by molar-refractivity contribution is -0.132. The van der Waals surface area contributed by atoms with E-state index in [0.717, 1.165) is 5.56 Å². The van der Waals surface area contributed by atoms with E-state index in [1.807, 2.05) is 33.8 Å². The van der Waals surface area contributed by atoms with Crippen LogP contribution >= 0.6 is 0 Å². The number of rotatable bonds is 8. The molecule has 1 saturated heterocycles. The van der Waals surface area contributed by atoms with Gasteiger partial charge in [0.15, 0.2) is 0 Å². The van der Waals surface area contributed by atoms with E-state index in [1.54, 1.807) is 74.9 Å². The zero-order valence-corrected chi connectivity index (χ0v) is 22.5. The monoisotopic (exact) mass is 515 g/mol. The van der Waals surface area contributed by atoms with Crippen LogP contribution in [0.25, 0.3) is 5.76 Å². The SMILES string of the molecule is COc1cccc(C2/C(=C(/O)c3ccc(OC)c(C(C)C)c3)C(=O)C(=O)N2c2ccc(OC(C)C)cc2)c1. The number of hydrogen-bond donors (Lipinski definition) is 1. The highest BCUT2D eigenvalue weighted by molar-refractivity contribution is 6.51. The van der Waals surface area contributed by atoms with Gasteiger partial charge in [0.05, 0.1) is 31.9 Å². The summed E-state index contributed by atoms with van der Waals surface area (Å²) in [6.07, 6.45) is -0.00733. The first-order valence-electron chi connectivity index (χ1n) is 12.6. The number of benzene rings is 3. The van der Waals surface area contributed by atoms with Gasteiger partial charge in [-0.15, -0.1) is 0 Å². The fourth-order valence-corrected chi connectivity index (χ4v) is 4.67. The first-order valence-corrected chi connectivity index (χ1v) is 12.6. The molecule has 1 fully saturated rings. The van der Waals surface area contributed by atoms with Crippen LogP contribution in [-0.4, -0.2) is 37.1 Å². The molecule has 4 rings (SSSR count). The first-order chi connectivity index (χ1) is 18.2. The molecule has 0 saturated carbocycles. The molecule has 3 aromatic carbocycles. The van der Waals surface area contributed by atoms with Gasteiger partial charge in [0.1, 0.15) is 23.0 Å². The maximum atomic E-state index is 13.5. The highest BCUT2D eigenvalue weighted by Crippen LogP contribution is 2.43. The largest absolute Gasteiger partial charge is 0.507 e. The van der Waals surface area contributed by atoms with Crippen LogP contribution in [0.15, 0.2) is 72.3 Å². The molecular weight excluding hydrogens is 482 g/mol. The highest BCUT2D eigenvalue weighted by atomic mass is 16.5. The molecule has 1 aliphatic rings. The molecule has 1 aliphatic heterocycles. The maximum absolute atomic E-state index is 13.5. The maximum Gasteiger partial charge on any atom is 0.300 e. The Morgan fingerprint density at radius 1 is 0.868 bits per heavy atom. The third kappa shape index (κ3) is 5.09. The molecule has 0 aliphatic carbocycles. The first kappa shape index (κ1) is 26.8.